The molecule has 1 aliphatic rings. The van der Waals surface area contributed by atoms with E-state index < -0.39 is 24.5 Å². The summed E-state index contributed by atoms with van der Waals surface area (Å²) in [6.45, 7) is 2.91. The van der Waals surface area contributed by atoms with Gasteiger partial charge in [-0.3, -0.25) is 0 Å². The third-order valence-corrected chi connectivity index (χ3v) is 5.74. The molecule has 4 rings (SSSR count). The van der Waals surface area contributed by atoms with Gasteiger partial charge in [0.25, 0.3) is 0 Å². The molecule has 34 heavy (non-hydrogen) atoms. The summed E-state index contributed by atoms with van der Waals surface area (Å²) < 4.78 is 77.9. The zero-order valence-electron chi connectivity index (χ0n) is 18.5. The molecule has 1 aromatic carbocycles. The van der Waals surface area contributed by atoms with Crippen LogP contribution in [0.2, 0.25) is 5.02 Å². The molecule has 7 nitrogen and oxygen atoms in total. The summed E-state index contributed by atoms with van der Waals surface area (Å²) >= 11 is 6.28. The average Bonchev–Trinajstić information content (AvgIpc) is 3.13. The van der Waals surface area contributed by atoms with E-state index in [-0.39, 0.29) is 22.1 Å². The molecule has 3 aromatic rings. The fourth-order valence-corrected chi connectivity index (χ4v) is 4.44. The quantitative estimate of drug-likeness (QED) is 0.390. The second-order valence-corrected chi connectivity index (χ2v) is 8.09. The van der Waals surface area contributed by atoms with Gasteiger partial charge in [0.2, 0.25) is 5.95 Å². The molecule has 1 atom stereocenters. The smallest absolute Gasteiger partial charge is 0.419 e. The number of halogens is 6. The molecule has 2 aromatic heterocycles. The van der Waals surface area contributed by atoms with Crippen molar-refractivity contribution in [2.45, 2.75) is 52.6 Å². The summed E-state index contributed by atoms with van der Waals surface area (Å²) in [6, 6.07) is 2.47. The second-order valence-electron chi connectivity index (χ2n) is 7.68. The van der Waals surface area contributed by atoms with Gasteiger partial charge in [-0.2, -0.15) is 31.9 Å². The van der Waals surface area contributed by atoms with Crippen LogP contribution in [0.3, 0.4) is 0 Å². The molecule has 3 heterocycles. The fourth-order valence-electron chi connectivity index (χ4n) is 4.24. The van der Waals surface area contributed by atoms with Crippen molar-refractivity contribution in [1.82, 2.24) is 19.5 Å². The summed E-state index contributed by atoms with van der Waals surface area (Å²) in [4.78, 5) is 15.0. The van der Waals surface area contributed by atoms with E-state index in [9.17, 15) is 22.0 Å². The van der Waals surface area contributed by atoms with Gasteiger partial charge in [0.05, 0.1) is 34.2 Å². The Morgan fingerprint density at radius 2 is 1.76 bits per heavy atom. The van der Waals surface area contributed by atoms with Crippen LogP contribution in [0.1, 0.15) is 36.4 Å². The van der Waals surface area contributed by atoms with E-state index in [1.165, 1.54) is 6.07 Å². The number of imidazole rings is 1. The number of aryl methyl sites for hydroxylation is 3. The Bertz CT molecular complexity index is 1190. The van der Waals surface area contributed by atoms with Gasteiger partial charge in [-0.05, 0) is 33.3 Å². The zero-order chi connectivity index (χ0) is 24.8. The standard InChI is InChI=1S/C21H21ClF5N5O2/c1-4-33-19-28-10(2)15(11(3)29-19)31-8-5-9-32-16-12(17(21(25,26)27)34-18(23)24)6-7-13(22)14(16)30-20(31)32/h6-7,17-18H,4-5,8-9H2,1-3H3. The molecule has 0 aliphatic carbocycles. The predicted molar refractivity (Wildman–Crippen MR) is 115 cm³/mol. The Hall–Kier alpha value is -2.73. The van der Waals surface area contributed by atoms with E-state index in [4.69, 9.17) is 16.3 Å². The van der Waals surface area contributed by atoms with Crippen molar-refractivity contribution in [2.24, 2.45) is 0 Å². The molecule has 1 aliphatic heterocycles. The van der Waals surface area contributed by atoms with Gasteiger partial charge < -0.3 is 18.9 Å². The van der Waals surface area contributed by atoms with Gasteiger partial charge in [0.1, 0.15) is 5.52 Å². The zero-order valence-corrected chi connectivity index (χ0v) is 19.2. The molecule has 0 radical (unpaired) electrons. The molecule has 0 saturated carbocycles. The van der Waals surface area contributed by atoms with Crippen LogP contribution in [0.25, 0.3) is 11.0 Å². The minimum atomic E-state index is -5.08. The maximum atomic E-state index is 13.7. The first-order valence-electron chi connectivity index (χ1n) is 10.5. The normalized spacial score (nSPS) is 15.2. The number of anilines is 2. The summed E-state index contributed by atoms with van der Waals surface area (Å²) in [6.07, 6.45) is -7.38. The molecule has 0 bridgehead atoms. The lowest BCUT2D eigenvalue weighted by Crippen LogP contribution is -2.30. The predicted octanol–water partition coefficient (Wildman–Crippen LogP) is 5.88. The largest absolute Gasteiger partial charge is 0.464 e. The highest BCUT2D eigenvalue weighted by Crippen LogP contribution is 2.44. The van der Waals surface area contributed by atoms with E-state index in [2.05, 4.69) is 19.7 Å². The number of hydrogen-bond acceptors (Lipinski definition) is 6. The van der Waals surface area contributed by atoms with Crippen molar-refractivity contribution in [3.05, 3.63) is 34.1 Å². The monoisotopic (exact) mass is 505 g/mol. The number of ether oxygens (including phenoxy) is 2. The van der Waals surface area contributed by atoms with E-state index in [1.54, 1.807) is 23.3 Å². The topological polar surface area (TPSA) is 65.3 Å². The van der Waals surface area contributed by atoms with Crippen molar-refractivity contribution in [3.63, 3.8) is 0 Å². The van der Waals surface area contributed by atoms with Crippen LogP contribution in [0.5, 0.6) is 6.01 Å². The number of benzene rings is 1. The minimum Gasteiger partial charge on any atom is -0.464 e. The van der Waals surface area contributed by atoms with Crippen molar-refractivity contribution in [3.8, 4) is 6.01 Å². The van der Waals surface area contributed by atoms with Crippen molar-refractivity contribution in [2.75, 3.05) is 18.1 Å². The highest BCUT2D eigenvalue weighted by molar-refractivity contribution is 6.35. The average molecular weight is 506 g/mol. The van der Waals surface area contributed by atoms with Crippen LogP contribution < -0.4 is 9.64 Å². The van der Waals surface area contributed by atoms with Crippen molar-refractivity contribution in [1.29, 1.82) is 0 Å². The van der Waals surface area contributed by atoms with Gasteiger partial charge in [-0.15, -0.1) is 0 Å². The molecule has 184 valence electrons. The highest BCUT2D eigenvalue weighted by atomic mass is 35.5. The summed E-state index contributed by atoms with van der Waals surface area (Å²) in [5, 5.41) is 0.0926. The van der Waals surface area contributed by atoms with Crippen LogP contribution in [-0.2, 0) is 11.3 Å². The number of hydrogen-bond donors (Lipinski definition) is 0. The number of alkyl halides is 5. The summed E-state index contributed by atoms with van der Waals surface area (Å²) in [7, 11) is 0. The van der Waals surface area contributed by atoms with Crippen LogP contribution in [-0.4, -0.2) is 45.5 Å². The molecule has 0 saturated heterocycles. The van der Waals surface area contributed by atoms with Crippen LogP contribution in [0.4, 0.5) is 33.6 Å². The molecule has 1 unspecified atom stereocenters. The van der Waals surface area contributed by atoms with Gasteiger partial charge >= 0.3 is 18.8 Å². The Balaban J connectivity index is 1.92. The molecule has 0 N–H and O–H groups in total. The Morgan fingerprint density at radius 3 is 2.35 bits per heavy atom. The Morgan fingerprint density at radius 1 is 1.09 bits per heavy atom. The minimum absolute atomic E-state index is 0.00247. The molecule has 0 fully saturated rings. The Kier molecular flexibility index (Phi) is 6.56. The SMILES string of the molecule is CCOc1nc(C)c(N2CCCn3c2nc2c(Cl)ccc(C(OC(F)F)C(F)(F)F)c23)c(C)n1. The van der Waals surface area contributed by atoms with Crippen LogP contribution >= 0.6 is 11.6 Å². The van der Waals surface area contributed by atoms with Crippen LogP contribution in [0.15, 0.2) is 12.1 Å². The molecular formula is C21H21ClF5N5O2. The van der Waals surface area contributed by atoms with Crippen molar-refractivity contribution >= 4 is 34.3 Å². The molecular weight excluding hydrogens is 485 g/mol. The van der Waals surface area contributed by atoms with Gasteiger partial charge in [-0.1, -0.05) is 17.7 Å². The summed E-state index contributed by atoms with van der Waals surface area (Å²) in [5.41, 5.74) is 1.40. The van der Waals surface area contributed by atoms with E-state index in [1.807, 2.05) is 6.92 Å². The second kappa shape index (κ2) is 9.14. The molecule has 13 heteroatoms. The summed E-state index contributed by atoms with van der Waals surface area (Å²) in [5.74, 6) is 0.313. The van der Waals surface area contributed by atoms with Gasteiger partial charge in [-0.25, -0.2) is 4.98 Å². The van der Waals surface area contributed by atoms with Gasteiger partial charge in [0.15, 0.2) is 6.10 Å². The number of fused-ring (bicyclic) bond motifs is 3. The van der Waals surface area contributed by atoms with Gasteiger partial charge in [0, 0.05) is 18.7 Å². The maximum absolute atomic E-state index is 13.7. The maximum Gasteiger partial charge on any atom is 0.419 e. The Labute approximate surface area is 196 Å². The number of rotatable bonds is 6. The van der Waals surface area contributed by atoms with Crippen molar-refractivity contribution < 1.29 is 31.4 Å². The first kappa shape index (κ1) is 24.4. The fraction of sp³-hybridized carbons (Fsp3) is 0.476. The third kappa shape index (κ3) is 4.36. The highest BCUT2D eigenvalue weighted by Gasteiger charge is 2.45. The first-order chi connectivity index (χ1) is 16.0. The van der Waals surface area contributed by atoms with E-state index in [0.717, 1.165) is 6.07 Å². The lowest BCUT2D eigenvalue weighted by atomic mass is 10.1. The molecule has 0 amide bonds. The lowest BCUT2D eigenvalue weighted by molar-refractivity contribution is -0.276. The first-order valence-corrected chi connectivity index (χ1v) is 10.8. The number of aromatic nitrogens is 4. The van der Waals surface area contributed by atoms with Crippen LogP contribution in [0, 0.1) is 13.8 Å². The third-order valence-electron chi connectivity index (χ3n) is 5.44. The van der Waals surface area contributed by atoms with E-state index in [0.29, 0.717) is 49.1 Å². The van der Waals surface area contributed by atoms with E-state index >= 15 is 0 Å². The molecule has 0 spiro atoms. The number of nitrogens with zero attached hydrogens (tertiary/aromatic N) is 5. The lowest BCUT2D eigenvalue weighted by Gasteiger charge is -2.31.